The molecule has 0 unspecified atom stereocenters. The minimum absolute atomic E-state index is 0.206. The summed E-state index contributed by atoms with van der Waals surface area (Å²) >= 11 is 3.32. The van der Waals surface area contributed by atoms with Gasteiger partial charge in [0.1, 0.15) is 6.61 Å². The first-order chi connectivity index (χ1) is 9.08. The largest absolute Gasteiger partial charge is 0.486 e. The van der Waals surface area contributed by atoms with Crippen molar-refractivity contribution >= 4 is 15.9 Å². The van der Waals surface area contributed by atoms with Crippen molar-refractivity contribution in [2.75, 3.05) is 0 Å². The van der Waals surface area contributed by atoms with E-state index in [-0.39, 0.29) is 11.7 Å². The van der Waals surface area contributed by atoms with Gasteiger partial charge in [0.25, 0.3) is 0 Å². The maximum Gasteiger partial charge on any atom is 0.166 e. The van der Waals surface area contributed by atoms with E-state index < -0.39 is 0 Å². The number of benzene rings is 2. The highest BCUT2D eigenvalue weighted by atomic mass is 79.9. The summed E-state index contributed by atoms with van der Waals surface area (Å²) in [5.41, 5.74) is 1.90. The van der Waals surface area contributed by atoms with E-state index in [1.165, 1.54) is 6.07 Å². The molecule has 2 aromatic carbocycles. The Morgan fingerprint density at radius 1 is 1.16 bits per heavy atom. The van der Waals surface area contributed by atoms with E-state index in [9.17, 15) is 4.39 Å². The Labute approximate surface area is 121 Å². The zero-order valence-corrected chi connectivity index (χ0v) is 12.6. The van der Waals surface area contributed by atoms with Crippen LogP contribution in [0.15, 0.2) is 46.9 Å². The molecule has 0 saturated heterocycles. The summed E-state index contributed by atoms with van der Waals surface area (Å²) in [6.07, 6.45) is 0. The van der Waals surface area contributed by atoms with Gasteiger partial charge in [-0.1, -0.05) is 60.1 Å². The van der Waals surface area contributed by atoms with Gasteiger partial charge in [-0.05, 0) is 23.6 Å². The van der Waals surface area contributed by atoms with Gasteiger partial charge < -0.3 is 4.74 Å². The molecule has 0 atom stereocenters. The Bertz CT molecular complexity index is 552. The van der Waals surface area contributed by atoms with E-state index in [0.717, 1.165) is 15.6 Å². The lowest BCUT2D eigenvalue weighted by atomic mass is 10.0. The van der Waals surface area contributed by atoms with Crippen LogP contribution >= 0.6 is 15.9 Å². The molecule has 2 aromatic rings. The lowest BCUT2D eigenvalue weighted by molar-refractivity contribution is 0.285. The molecule has 0 aromatic heterocycles. The first-order valence-electron chi connectivity index (χ1n) is 6.23. The van der Waals surface area contributed by atoms with Crippen LogP contribution in [0.25, 0.3) is 0 Å². The van der Waals surface area contributed by atoms with Gasteiger partial charge >= 0.3 is 0 Å². The van der Waals surface area contributed by atoms with Gasteiger partial charge in [0.05, 0.1) is 0 Å². The molecule has 0 saturated carbocycles. The number of hydrogen-bond acceptors (Lipinski definition) is 1. The highest BCUT2D eigenvalue weighted by Gasteiger charge is 2.14. The van der Waals surface area contributed by atoms with Crippen molar-refractivity contribution in [2.45, 2.75) is 26.4 Å². The summed E-state index contributed by atoms with van der Waals surface area (Å²) in [6, 6.07) is 13.1. The molecule has 0 amide bonds. The summed E-state index contributed by atoms with van der Waals surface area (Å²) < 4.78 is 20.4. The number of ether oxygens (including phenoxy) is 1. The van der Waals surface area contributed by atoms with Crippen LogP contribution in [0, 0.1) is 5.82 Å². The summed E-state index contributed by atoms with van der Waals surface area (Å²) in [5.74, 6) is 0.230. The molecule has 19 heavy (non-hydrogen) atoms. The Hall–Kier alpha value is -1.35. The van der Waals surface area contributed by atoms with Gasteiger partial charge in [-0.25, -0.2) is 4.39 Å². The molecule has 0 N–H and O–H groups in total. The van der Waals surface area contributed by atoms with Crippen LogP contribution in [0.3, 0.4) is 0 Å². The highest BCUT2D eigenvalue weighted by Crippen LogP contribution is 2.33. The van der Waals surface area contributed by atoms with Crippen molar-refractivity contribution in [1.82, 2.24) is 0 Å². The molecule has 3 heteroatoms. The van der Waals surface area contributed by atoms with E-state index in [1.54, 1.807) is 0 Å². The van der Waals surface area contributed by atoms with E-state index >= 15 is 0 Å². The molecule has 0 fully saturated rings. The Balaban J connectivity index is 2.24. The van der Waals surface area contributed by atoms with Crippen LogP contribution < -0.4 is 4.74 Å². The fourth-order valence-electron chi connectivity index (χ4n) is 1.89. The van der Waals surface area contributed by atoms with Gasteiger partial charge in [-0.15, -0.1) is 0 Å². The topological polar surface area (TPSA) is 9.23 Å². The van der Waals surface area contributed by atoms with Crippen molar-refractivity contribution < 1.29 is 9.13 Å². The summed E-state index contributed by atoms with van der Waals surface area (Å²) in [6.45, 7) is 4.42. The summed E-state index contributed by atoms with van der Waals surface area (Å²) in [5, 5.41) is 0. The molecule has 0 heterocycles. The van der Waals surface area contributed by atoms with Crippen LogP contribution in [0.5, 0.6) is 5.75 Å². The quantitative estimate of drug-likeness (QED) is 0.743. The normalized spacial score (nSPS) is 10.8. The molecule has 0 aliphatic rings. The molecule has 0 spiro atoms. The van der Waals surface area contributed by atoms with Gasteiger partial charge in [0.15, 0.2) is 11.6 Å². The number of hydrogen-bond donors (Lipinski definition) is 0. The maximum atomic E-state index is 14.0. The third kappa shape index (κ3) is 3.57. The van der Waals surface area contributed by atoms with Crippen molar-refractivity contribution in [3.8, 4) is 5.75 Å². The Morgan fingerprint density at radius 2 is 1.84 bits per heavy atom. The summed E-state index contributed by atoms with van der Waals surface area (Å²) in [7, 11) is 0. The van der Waals surface area contributed by atoms with Crippen molar-refractivity contribution in [3.63, 3.8) is 0 Å². The third-order valence-corrected chi connectivity index (χ3v) is 3.34. The monoisotopic (exact) mass is 322 g/mol. The smallest absolute Gasteiger partial charge is 0.166 e. The predicted molar refractivity (Wildman–Crippen MR) is 79.0 cm³/mol. The van der Waals surface area contributed by atoms with Crippen LogP contribution in [-0.2, 0) is 6.61 Å². The van der Waals surface area contributed by atoms with Crippen LogP contribution in [0.2, 0.25) is 0 Å². The van der Waals surface area contributed by atoms with Crippen LogP contribution in [-0.4, -0.2) is 0 Å². The Kier molecular flexibility index (Phi) is 4.59. The van der Waals surface area contributed by atoms with E-state index in [1.807, 2.05) is 50.2 Å². The van der Waals surface area contributed by atoms with Crippen LogP contribution in [0.4, 0.5) is 4.39 Å². The SMILES string of the molecule is CC(C)c1cc(Br)cc(F)c1OCc1ccccc1. The summed E-state index contributed by atoms with van der Waals surface area (Å²) in [4.78, 5) is 0. The third-order valence-electron chi connectivity index (χ3n) is 2.89. The van der Waals surface area contributed by atoms with Gasteiger partial charge in [-0.2, -0.15) is 0 Å². The van der Waals surface area contributed by atoms with Crippen molar-refractivity contribution in [3.05, 3.63) is 63.9 Å². The first-order valence-corrected chi connectivity index (χ1v) is 7.03. The van der Waals surface area contributed by atoms with E-state index in [4.69, 9.17) is 4.74 Å². The van der Waals surface area contributed by atoms with Gasteiger partial charge in [0, 0.05) is 10.0 Å². The number of rotatable bonds is 4. The fraction of sp³-hybridized carbons (Fsp3) is 0.250. The molecule has 0 aliphatic heterocycles. The van der Waals surface area contributed by atoms with E-state index in [0.29, 0.717) is 12.4 Å². The predicted octanol–water partition coefficient (Wildman–Crippen LogP) is 5.29. The average Bonchev–Trinajstić information content (AvgIpc) is 2.38. The molecule has 1 nitrogen and oxygen atoms in total. The number of halogens is 2. The molecule has 0 aliphatic carbocycles. The lowest BCUT2D eigenvalue weighted by Gasteiger charge is -2.15. The van der Waals surface area contributed by atoms with Gasteiger partial charge in [-0.3, -0.25) is 0 Å². The average molecular weight is 323 g/mol. The minimum Gasteiger partial charge on any atom is -0.486 e. The second-order valence-electron chi connectivity index (χ2n) is 4.73. The zero-order chi connectivity index (χ0) is 13.8. The second kappa shape index (κ2) is 6.20. The van der Waals surface area contributed by atoms with Crippen molar-refractivity contribution in [1.29, 1.82) is 0 Å². The lowest BCUT2D eigenvalue weighted by Crippen LogP contribution is -2.02. The first kappa shape index (κ1) is 14.1. The zero-order valence-electron chi connectivity index (χ0n) is 11.0. The van der Waals surface area contributed by atoms with Crippen molar-refractivity contribution in [2.24, 2.45) is 0 Å². The molecular formula is C16H16BrFO. The maximum absolute atomic E-state index is 14.0. The Morgan fingerprint density at radius 3 is 2.47 bits per heavy atom. The fourth-order valence-corrected chi connectivity index (χ4v) is 2.34. The molecular weight excluding hydrogens is 307 g/mol. The van der Waals surface area contributed by atoms with Crippen LogP contribution in [0.1, 0.15) is 30.9 Å². The molecule has 0 bridgehead atoms. The standard InChI is InChI=1S/C16H16BrFO/c1-11(2)14-8-13(17)9-15(18)16(14)19-10-12-6-4-3-5-7-12/h3-9,11H,10H2,1-2H3. The highest BCUT2D eigenvalue weighted by molar-refractivity contribution is 9.10. The molecule has 100 valence electrons. The van der Waals surface area contributed by atoms with E-state index in [2.05, 4.69) is 15.9 Å². The minimum atomic E-state index is -0.325. The second-order valence-corrected chi connectivity index (χ2v) is 5.65. The molecule has 2 rings (SSSR count). The van der Waals surface area contributed by atoms with Gasteiger partial charge in [0.2, 0.25) is 0 Å². The molecule has 0 radical (unpaired) electrons.